The van der Waals surface area contributed by atoms with E-state index in [9.17, 15) is 8.42 Å². The molecule has 0 spiro atoms. The second-order valence-corrected chi connectivity index (χ2v) is 5.55. The average molecular weight is 229 g/mol. The molecule has 0 bridgehead atoms. The maximum absolute atomic E-state index is 11.8. The van der Waals surface area contributed by atoms with Crippen molar-refractivity contribution in [1.29, 1.82) is 0 Å². The SMILES string of the molecule is Cc1cc(C)c(S(=O)(=O)N(C)O)c(C)c1. The highest BCUT2D eigenvalue weighted by atomic mass is 32.2. The van der Waals surface area contributed by atoms with Crippen LogP contribution in [-0.2, 0) is 10.0 Å². The molecule has 0 saturated heterocycles. The number of rotatable bonds is 2. The molecule has 0 amide bonds. The molecule has 0 saturated carbocycles. The number of benzene rings is 1. The molecule has 0 aromatic heterocycles. The molecular formula is C10H15NO3S. The highest BCUT2D eigenvalue weighted by Crippen LogP contribution is 2.23. The van der Waals surface area contributed by atoms with Crippen LogP contribution in [0.5, 0.6) is 0 Å². The van der Waals surface area contributed by atoms with E-state index in [1.165, 1.54) is 0 Å². The van der Waals surface area contributed by atoms with E-state index >= 15 is 0 Å². The number of aryl methyl sites for hydroxylation is 3. The fourth-order valence-electron chi connectivity index (χ4n) is 1.71. The van der Waals surface area contributed by atoms with E-state index in [2.05, 4.69) is 0 Å². The zero-order valence-corrected chi connectivity index (χ0v) is 10.1. The first-order valence-corrected chi connectivity index (χ1v) is 5.96. The Bertz CT molecular complexity index is 454. The number of nitrogens with zero attached hydrogens (tertiary/aromatic N) is 1. The summed E-state index contributed by atoms with van der Waals surface area (Å²) >= 11 is 0. The zero-order valence-electron chi connectivity index (χ0n) is 9.27. The van der Waals surface area contributed by atoms with Gasteiger partial charge in [0.15, 0.2) is 0 Å². The van der Waals surface area contributed by atoms with Crippen molar-refractivity contribution < 1.29 is 13.6 Å². The van der Waals surface area contributed by atoms with E-state index in [1.807, 2.05) is 6.92 Å². The Hall–Kier alpha value is -0.910. The van der Waals surface area contributed by atoms with Gasteiger partial charge < -0.3 is 0 Å². The van der Waals surface area contributed by atoms with E-state index in [0.717, 1.165) is 12.6 Å². The van der Waals surface area contributed by atoms with Crippen LogP contribution in [0.25, 0.3) is 0 Å². The standard InChI is InChI=1S/C10H15NO3S/c1-7-5-8(2)10(9(3)6-7)15(13,14)11(4)12/h5-6,12H,1-4H3. The van der Waals surface area contributed by atoms with Crippen LogP contribution in [0.2, 0.25) is 0 Å². The van der Waals surface area contributed by atoms with Crippen LogP contribution < -0.4 is 0 Å². The number of hydroxylamine groups is 1. The van der Waals surface area contributed by atoms with E-state index in [0.29, 0.717) is 11.1 Å². The maximum atomic E-state index is 11.8. The Morgan fingerprint density at radius 2 is 1.53 bits per heavy atom. The van der Waals surface area contributed by atoms with Gasteiger partial charge in [0.1, 0.15) is 0 Å². The van der Waals surface area contributed by atoms with Crippen LogP contribution in [0, 0.1) is 20.8 Å². The molecule has 15 heavy (non-hydrogen) atoms. The van der Waals surface area contributed by atoms with Crippen molar-refractivity contribution in [3.05, 3.63) is 28.8 Å². The Morgan fingerprint density at radius 1 is 1.13 bits per heavy atom. The smallest absolute Gasteiger partial charge is 0.265 e. The van der Waals surface area contributed by atoms with Gasteiger partial charge in [0, 0.05) is 7.05 Å². The summed E-state index contributed by atoms with van der Waals surface area (Å²) in [5, 5.41) is 9.10. The lowest BCUT2D eigenvalue weighted by molar-refractivity contribution is 0.0309. The van der Waals surface area contributed by atoms with Gasteiger partial charge in [-0.25, -0.2) is 8.42 Å². The summed E-state index contributed by atoms with van der Waals surface area (Å²) in [4.78, 5) is 0.179. The van der Waals surface area contributed by atoms with E-state index in [1.54, 1.807) is 26.0 Å². The van der Waals surface area contributed by atoms with Crippen molar-refractivity contribution in [2.45, 2.75) is 25.7 Å². The van der Waals surface area contributed by atoms with Crippen molar-refractivity contribution in [1.82, 2.24) is 4.47 Å². The van der Waals surface area contributed by atoms with Gasteiger partial charge in [-0.1, -0.05) is 22.2 Å². The normalized spacial score (nSPS) is 12.1. The van der Waals surface area contributed by atoms with Gasteiger partial charge in [-0.3, -0.25) is 5.21 Å². The van der Waals surface area contributed by atoms with Gasteiger partial charge in [-0.2, -0.15) is 0 Å². The predicted molar refractivity (Wildman–Crippen MR) is 57.4 cm³/mol. The molecule has 0 aliphatic carbocycles. The van der Waals surface area contributed by atoms with Gasteiger partial charge in [0.25, 0.3) is 10.0 Å². The first kappa shape index (κ1) is 12.2. The molecule has 0 aliphatic heterocycles. The first-order chi connectivity index (χ1) is 6.76. The molecule has 84 valence electrons. The van der Waals surface area contributed by atoms with Gasteiger partial charge >= 0.3 is 0 Å². The Balaban J connectivity index is 3.52. The lowest BCUT2D eigenvalue weighted by atomic mass is 10.1. The summed E-state index contributed by atoms with van der Waals surface area (Å²) in [6.07, 6.45) is 0. The molecule has 5 heteroatoms. The van der Waals surface area contributed by atoms with Gasteiger partial charge in [-0.15, -0.1) is 0 Å². The quantitative estimate of drug-likeness (QED) is 0.784. The predicted octanol–water partition coefficient (Wildman–Crippen LogP) is 1.62. The van der Waals surface area contributed by atoms with E-state index < -0.39 is 10.0 Å². The Morgan fingerprint density at radius 3 is 1.87 bits per heavy atom. The third-order valence-electron chi connectivity index (χ3n) is 2.21. The van der Waals surface area contributed by atoms with Crippen LogP contribution in [0.4, 0.5) is 0 Å². The number of hydrogen-bond acceptors (Lipinski definition) is 3. The monoisotopic (exact) mass is 229 g/mol. The largest absolute Gasteiger partial charge is 0.299 e. The van der Waals surface area contributed by atoms with E-state index in [-0.39, 0.29) is 9.36 Å². The van der Waals surface area contributed by atoms with Crippen LogP contribution in [0.3, 0.4) is 0 Å². The average Bonchev–Trinajstić information content (AvgIpc) is 2.00. The summed E-state index contributed by atoms with van der Waals surface area (Å²) in [5.41, 5.74) is 2.30. The third-order valence-corrected chi connectivity index (χ3v) is 4.07. The van der Waals surface area contributed by atoms with Crippen molar-refractivity contribution >= 4 is 10.0 Å². The molecule has 0 unspecified atom stereocenters. The summed E-state index contributed by atoms with van der Waals surface area (Å²) < 4.78 is 23.8. The topological polar surface area (TPSA) is 57.6 Å². The third kappa shape index (κ3) is 2.19. The molecule has 4 nitrogen and oxygen atoms in total. The van der Waals surface area contributed by atoms with Crippen LogP contribution in [-0.4, -0.2) is 25.1 Å². The molecular weight excluding hydrogens is 214 g/mol. The number of sulfonamides is 1. The first-order valence-electron chi connectivity index (χ1n) is 4.52. The summed E-state index contributed by atoms with van der Waals surface area (Å²) in [5.74, 6) is 0. The fraction of sp³-hybridized carbons (Fsp3) is 0.400. The highest BCUT2D eigenvalue weighted by molar-refractivity contribution is 7.89. The summed E-state index contributed by atoms with van der Waals surface area (Å²) in [7, 11) is -2.66. The van der Waals surface area contributed by atoms with Gasteiger partial charge in [-0.05, 0) is 31.9 Å². The van der Waals surface area contributed by atoms with Crippen molar-refractivity contribution in [2.24, 2.45) is 0 Å². The second kappa shape index (κ2) is 3.92. The minimum atomic E-state index is -3.77. The second-order valence-electron chi connectivity index (χ2n) is 3.67. The Labute approximate surface area is 90.2 Å². The molecule has 1 aromatic rings. The Kier molecular flexibility index (Phi) is 3.18. The summed E-state index contributed by atoms with van der Waals surface area (Å²) in [6, 6.07) is 3.56. The minimum Gasteiger partial charge on any atom is -0.299 e. The molecule has 1 rings (SSSR count). The minimum absolute atomic E-state index is 0.179. The highest BCUT2D eigenvalue weighted by Gasteiger charge is 2.23. The molecule has 0 aliphatic rings. The summed E-state index contributed by atoms with van der Waals surface area (Å²) in [6.45, 7) is 5.34. The lowest BCUT2D eigenvalue weighted by Crippen LogP contribution is -2.24. The zero-order chi connectivity index (χ0) is 11.8. The molecule has 0 heterocycles. The molecule has 0 radical (unpaired) electrons. The van der Waals surface area contributed by atoms with Crippen LogP contribution in [0.1, 0.15) is 16.7 Å². The van der Waals surface area contributed by atoms with Crippen LogP contribution in [0.15, 0.2) is 17.0 Å². The lowest BCUT2D eigenvalue weighted by Gasteiger charge is -2.15. The van der Waals surface area contributed by atoms with Crippen LogP contribution >= 0.6 is 0 Å². The molecule has 0 atom stereocenters. The maximum Gasteiger partial charge on any atom is 0.265 e. The van der Waals surface area contributed by atoms with Crippen molar-refractivity contribution in [3.8, 4) is 0 Å². The van der Waals surface area contributed by atoms with Crippen molar-refractivity contribution in [3.63, 3.8) is 0 Å². The van der Waals surface area contributed by atoms with E-state index in [4.69, 9.17) is 5.21 Å². The van der Waals surface area contributed by atoms with Gasteiger partial charge in [0.2, 0.25) is 0 Å². The van der Waals surface area contributed by atoms with Gasteiger partial charge in [0.05, 0.1) is 4.90 Å². The molecule has 0 fully saturated rings. The number of hydrogen-bond donors (Lipinski definition) is 1. The molecule has 1 N–H and O–H groups in total. The van der Waals surface area contributed by atoms with Crippen molar-refractivity contribution in [2.75, 3.05) is 7.05 Å². The fourth-order valence-corrected chi connectivity index (χ4v) is 2.90. The molecule has 1 aromatic carbocycles.